The van der Waals surface area contributed by atoms with Crippen LogP contribution in [0.2, 0.25) is 15.1 Å². The van der Waals surface area contributed by atoms with E-state index in [4.69, 9.17) is 83.0 Å². The number of carbonyl (C=O) groups excluding carboxylic acids is 1. The lowest BCUT2D eigenvalue weighted by molar-refractivity contribution is -0.161. The summed E-state index contributed by atoms with van der Waals surface area (Å²) in [5, 5.41) is 13.8. The van der Waals surface area contributed by atoms with Crippen LogP contribution in [0.25, 0.3) is 0 Å². The van der Waals surface area contributed by atoms with Gasteiger partial charge >= 0.3 is 11.9 Å². The van der Waals surface area contributed by atoms with Gasteiger partial charge in [-0.15, -0.1) is 0 Å². The first-order valence-electron chi connectivity index (χ1n) is 31.1. The Morgan fingerprint density at radius 1 is 0.535 bits per heavy atom. The molecule has 0 atom stereocenters. The second-order valence-corrected chi connectivity index (χ2v) is 25.3. The van der Waals surface area contributed by atoms with Crippen LogP contribution in [0.15, 0.2) is 176 Å². The monoisotopic (exact) mass is 1730 g/mol. The Balaban J connectivity index is 0.000000209. The van der Waals surface area contributed by atoms with Gasteiger partial charge < -0.3 is 53.4 Å². The number of pyridine rings is 4. The molecule has 2 aliphatic heterocycles. The summed E-state index contributed by atoms with van der Waals surface area (Å²) in [4.78, 5) is 65.8. The fourth-order valence-electron chi connectivity index (χ4n) is 9.72. The minimum atomic E-state index is -1.57. The van der Waals surface area contributed by atoms with Crippen LogP contribution in [0.4, 0.5) is 66.6 Å². The van der Waals surface area contributed by atoms with Crippen LogP contribution >= 0.6 is 88.0 Å². The van der Waals surface area contributed by atoms with Crippen LogP contribution < -0.4 is 43.9 Å². The number of benzene rings is 3. The molecule has 0 saturated carbocycles. The van der Waals surface area contributed by atoms with Crippen molar-refractivity contribution in [1.82, 2.24) is 39.9 Å². The Morgan fingerprint density at radius 3 is 1.28 bits per heavy atom. The number of methoxy groups -OCH3 is 4. The Kier molecular flexibility index (Phi) is 32.0. The zero-order valence-corrected chi connectivity index (χ0v) is 64.3. The van der Waals surface area contributed by atoms with E-state index in [1.807, 2.05) is 111 Å². The number of rotatable bonds is 22. The molecule has 8 heterocycles. The van der Waals surface area contributed by atoms with Gasteiger partial charge in [-0.05, 0) is 158 Å². The number of halogens is 8. The lowest BCUT2D eigenvalue weighted by Crippen LogP contribution is -2.45. The van der Waals surface area contributed by atoms with Gasteiger partial charge in [0.1, 0.15) is 86.8 Å². The van der Waals surface area contributed by atoms with Gasteiger partial charge in [-0.1, -0.05) is 34.8 Å². The fraction of sp³-hybridized carbons (Fsp3) is 0.314. The number of alkyl halides is 2. The van der Waals surface area contributed by atoms with Crippen molar-refractivity contribution in [1.29, 1.82) is 0 Å². The lowest BCUT2D eigenvalue weighted by Gasteiger charge is -2.37. The minimum absolute atomic E-state index is 0.167. The number of hydrogen-bond acceptors (Lipinski definition) is 22. The number of carbonyl (C=O) groups is 2. The molecular formula is C70H75BrCl3F2I2N13O10. The van der Waals surface area contributed by atoms with Crippen molar-refractivity contribution < 1.29 is 56.6 Å². The van der Waals surface area contributed by atoms with Crippen molar-refractivity contribution in [2.45, 2.75) is 63.4 Å². The predicted molar refractivity (Wildman–Crippen MR) is 410 cm³/mol. The Morgan fingerprint density at radius 2 is 0.921 bits per heavy atom. The summed E-state index contributed by atoms with van der Waals surface area (Å²) in [7, 11) is 6.39. The molecule has 2 saturated heterocycles. The molecule has 2 aliphatic rings. The molecule has 0 radical (unpaired) electrons. The summed E-state index contributed by atoms with van der Waals surface area (Å²) in [5.41, 5.74) is -1.18. The van der Waals surface area contributed by atoms with Gasteiger partial charge in [0, 0.05) is 121 Å². The van der Waals surface area contributed by atoms with Gasteiger partial charge in [-0.25, -0.2) is 48.3 Å². The summed E-state index contributed by atoms with van der Waals surface area (Å²) in [6.07, 6.45) is 14.0. The number of ether oxygens (including phenoxy) is 7. The largest absolute Gasteiger partial charge is 0.495 e. The zero-order valence-electron chi connectivity index (χ0n) is 56.2. The molecule has 0 spiro atoms. The molecule has 536 valence electrons. The van der Waals surface area contributed by atoms with Crippen molar-refractivity contribution in [3.8, 4) is 23.0 Å². The molecule has 0 aliphatic carbocycles. The first-order valence-corrected chi connectivity index (χ1v) is 39.3. The zero-order chi connectivity index (χ0) is 73.0. The third-order valence-corrected chi connectivity index (χ3v) is 16.0. The van der Waals surface area contributed by atoms with E-state index in [1.165, 1.54) is 0 Å². The molecule has 2 N–H and O–H groups in total. The second kappa shape index (κ2) is 40.1. The molecule has 31 heteroatoms. The van der Waals surface area contributed by atoms with E-state index < -0.39 is 35.5 Å². The molecular weight excluding hydrogens is 1660 g/mol. The van der Waals surface area contributed by atoms with Gasteiger partial charge in [0.15, 0.2) is 11.6 Å². The van der Waals surface area contributed by atoms with E-state index in [9.17, 15) is 9.59 Å². The van der Waals surface area contributed by atoms with Crippen LogP contribution in [0.1, 0.15) is 46.5 Å². The topological polar surface area (TPSA) is 247 Å². The van der Waals surface area contributed by atoms with Gasteiger partial charge in [-0.2, -0.15) is 0 Å². The van der Waals surface area contributed by atoms with Gasteiger partial charge in [0.25, 0.3) is 0 Å². The number of anilines is 10. The van der Waals surface area contributed by atoms with Gasteiger partial charge in [0.2, 0.25) is 0 Å². The molecule has 3 aromatic carbocycles. The molecule has 9 aromatic rings. The summed E-state index contributed by atoms with van der Waals surface area (Å²) in [6.45, 7) is 5.76. The molecule has 23 nitrogen and oxygen atoms in total. The third-order valence-electron chi connectivity index (χ3n) is 14.8. The van der Waals surface area contributed by atoms with E-state index >= 15 is 8.78 Å². The van der Waals surface area contributed by atoms with Crippen LogP contribution in [0, 0.1) is 0 Å². The first kappa shape index (κ1) is 80.5. The highest BCUT2D eigenvalue weighted by atomic mass is 128. The summed E-state index contributed by atoms with van der Waals surface area (Å²) in [6, 6.07) is 36.7. The molecule has 101 heavy (non-hydrogen) atoms. The predicted octanol–water partition coefficient (Wildman–Crippen LogP) is 17.2. The van der Waals surface area contributed by atoms with Gasteiger partial charge in [-0.3, -0.25) is 19.8 Å². The van der Waals surface area contributed by atoms with E-state index in [0.717, 1.165) is 39.0 Å². The molecule has 2 fully saturated rings. The highest BCUT2D eigenvalue weighted by Crippen LogP contribution is 2.38. The van der Waals surface area contributed by atoms with Crippen molar-refractivity contribution in [3.05, 3.63) is 191 Å². The Bertz CT molecular complexity index is 3980. The van der Waals surface area contributed by atoms with E-state index in [-0.39, 0.29) is 45.5 Å². The number of nitrogens with one attached hydrogen (secondary N) is 1. The average Bonchev–Trinajstić information content (AvgIpc) is 0.801. The third kappa shape index (κ3) is 26.2. The molecule has 0 amide bonds. The molecule has 11 rings (SSSR count). The minimum Gasteiger partial charge on any atom is -0.495 e. The number of piperidine rings is 2. The number of carboxylic acid groups (broad SMARTS) is 1. The van der Waals surface area contributed by atoms with Crippen LogP contribution in [-0.2, 0) is 23.8 Å². The van der Waals surface area contributed by atoms with Crippen molar-refractivity contribution in [2.24, 2.45) is 0 Å². The van der Waals surface area contributed by atoms with Crippen molar-refractivity contribution in [3.63, 3.8) is 0 Å². The van der Waals surface area contributed by atoms with Gasteiger partial charge in [0.05, 0.1) is 91.2 Å². The first-order chi connectivity index (χ1) is 48.5. The van der Waals surface area contributed by atoms with Crippen molar-refractivity contribution >= 4 is 158 Å². The smallest absolute Gasteiger partial charge is 0.332 e. The normalized spacial score (nSPS) is 13.5. The maximum Gasteiger partial charge on any atom is 0.332 e. The molecule has 0 bridgehead atoms. The van der Waals surface area contributed by atoms with Crippen LogP contribution in [0.3, 0.4) is 0 Å². The van der Waals surface area contributed by atoms with E-state index in [1.54, 1.807) is 129 Å². The maximum absolute atomic E-state index is 15.4. The Hall–Kier alpha value is -7.85. The quantitative estimate of drug-likeness (QED) is 0.0364. The lowest BCUT2D eigenvalue weighted by atomic mass is 9.94. The fourth-order valence-corrected chi connectivity index (χ4v) is 10.3. The second-order valence-electron chi connectivity index (χ2n) is 23.2. The summed E-state index contributed by atoms with van der Waals surface area (Å²) >= 11 is 25.5. The number of hydrogen-bond donors (Lipinski definition) is 2. The van der Waals surface area contributed by atoms with Crippen LogP contribution in [0.5, 0.6) is 23.0 Å². The maximum atomic E-state index is 15.4. The SMILES string of the molecule is COc1ccc(Br)nc1.COc1ccc(N(c2ccc(Cl)cc2)c2cncc(N3CCC(F)(COCC(=O)O)CC3)n2)nc1.COc1ccc(N(c2ccc(Cl)cc2)c2cncc(N3CCC(F)(COCC(=O)OC(C)(C)C)CC3)n2)nc1.COc1ccc(Nc2ccc(Cl)cc2)nc1.II. The highest BCUT2D eigenvalue weighted by molar-refractivity contribution is 15.0. The number of aliphatic carboxylic acids is 1. The van der Waals surface area contributed by atoms with E-state index in [0.29, 0.717) is 87.7 Å². The number of nitrogens with zero attached hydrogens (tertiary/aromatic N) is 12. The standard InChI is InChI=1S/C28H33ClFN5O4.C24H25ClFN5O4.C12H11ClN2O.C6H6BrNO.I2/c1-27(2,3)39-26(36)18-38-19-28(30)11-13-34(14-12-28)24-16-31-17-25(33-24)35(21-7-5-20(29)6-8-21)23-10-9-22(37-4)15-32-23;1-34-19-6-7-20(28-12-19)31(18-4-2-17(25)3-5-18)22-14-27-13-21(29-22)30-10-8-24(26,9-11-30)16-35-15-23(32)33;1-16-11-6-7-12(14-8-11)15-10-4-2-9(13)3-5-10;1-9-5-2-3-6(7)8-4-5;1-2/h5-10,15-17H,11-14,18-19H2,1-4H3;2-7,12-14H,8-11,15-16H2,1H3,(H,32,33);2-8H,1H3,(H,14,15);2-4H,1H3;. The van der Waals surface area contributed by atoms with Crippen LogP contribution in [-0.4, -0.2) is 155 Å². The molecule has 6 aromatic heterocycles. The number of esters is 1. The summed E-state index contributed by atoms with van der Waals surface area (Å²) in [5.74, 6) is 5.44. The number of aromatic nitrogens is 8. The summed E-state index contributed by atoms with van der Waals surface area (Å²) < 4.78 is 67.3. The van der Waals surface area contributed by atoms with Crippen molar-refractivity contribution in [2.75, 3.05) is 106 Å². The highest BCUT2D eigenvalue weighted by Gasteiger charge is 2.37. The molecule has 0 unspecified atom stereocenters. The average molecular weight is 1740 g/mol. The number of carboxylic acids is 1. The Labute approximate surface area is 632 Å². The van der Waals surface area contributed by atoms with E-state index in [2.05, 4.69) is 88.4 Å².